The van der Waals surface area contributed by atoms with E-state index in [1.807, 2.05) is 24.3 Å². The Labute approximate surface area is 120 Å². The highest BCUT2D eigenvalue weighted by Gasteiger charge is 2.11. The SMILES string of the molecule is CC(CCCC(C)C(=O)O)NCc1ccc(C#N)cc1. The molecule has 0 bridgehead atoms. The first-order chi connectivity index (χ1) is 9.52. The number of carboxylic acid groups (broad SMARTS) is 1. The molecule has 0 fully saturated rings. The molecule has 0 aliphatic heterocycles. The Balaban J connectivity index is 2.24. The van der Waals surface area contributed by atoms with E-state index in [2.05, 4.69) is 18.3 Å². The van der Waals surface area contributed by atoms with Gasteiger partial charge in [-0.25, -0.2) is 0 Å². The molecule has 4 nitrogen and oxygen atoms in total. The van der Waals surface area contributed by atoms with Crippen molar-refractivity contribution in [2.24, 2.45) is 5.92 Å². The number of carbonyl (C=O) groups is 1. The third kappa shape index (κ3) is 5.85. The number of nitrogens with one attached hydrogen (secondary N) is 1. The van der Waals surface area contributed by atoms with Gasteiger partial charge >= 0.3 is 5.97 Å². The van der Waals surface area contributed by atoms with E-state index < -0.39 is 5.97 Å². The number of hydrogen-bond acceptors (Lipinski definition) is 3. The van der Waals surface area contributed by atoms with Crippen LogP contribution in [-0.4, -0.2) is 17.1 Å². The summed E-state index contributed by atoms with van der Waals surface area (Å²) in [7, 11) is 0. The highest BCUT2D eigenvalue weighted by Crippen LogP contribution is 2.10. The predicted molar refractivity (Wildman–Crippen MR) is 78.1 cm³/mol. The van der Waals surface area contributed by atoms with Crippen molar-refractivity contribution in [3.05, 3.63) is 35.4 Å². The van der Waals surface area contributed by atoms with E-state index in [1.54, 1.807) is 6.92 Å². The molecule has 4 heteroatoms. The molecule has 0 spiro atoms. The lowest BCUT2D eigenvalue weighted by Gasteiger charge is -2.14. The van der Waals surface area contributed by atoms with Gasteiger partial charge in [-0.3, -0.25) is 4.79 Å². The van der Waals surface area contributed by atoms with Gasteiger partial charge in [0.05, 0.1) is 17.6 Å². The van der Waals surface area contributed by atoms with E-state index in [9.17, 15) is 4.79 Å². The summed E-state index contributed by atoms with van der Waals surface area (Å²) in [5.74, 6) is -0.982. The number of nitrogens with zero attached hydrogens (tertiary/aromatic N) is 1. The van der Waals surface area contributed by atoms with Crippen molar-refractivity contribution in [3.8, 4) is 6.07 Å². The van der Waals surface area contributed by atoms with Crippen molar-refractivity contribution < 1.29 is 9.90 Å². The predicted octanol–water partition coefficient (Wildman–Crippen LogP) is 2.93. The molecule has 108 valence electrons. The van der Waals surface area contributed by atoms with Crippen molar-refractivity contribution in [1.82, 2.24) is 5.32 Å². The molecule has 0 radical (unpaired) electrons. The van der Waals surface area contributed by atoms with E-state index in [0.717, 1.165) is 31.4 Å². The summed E-state index contributed by atoms with van der Waals surface area (Å²) < 4.78 is 0. The Bertz CT molecular complexity index is 462. The van der Waals surface area contributed by atoms with Crippen molar-refractivity contribution in [3.63, 3.8) is 0 Å². The van der Waals surface area contributed by atoms with Crippen molar-refractivity contribution in [2.45, 2.75) is 45.7 Å². The summed E-state index contributed by atoms with van der Waals surface area (Å²) >= 11 is 0. The number of rotatable bonds is 8. The summed E-state index contributed by atoms with van der Waals surface area (Å²) in [6.07, 6.45) is 2.60. The zero-order valence-corrected chi connectivity index (χ0v) is 12.1. The van der Waals surface area contributed by atoms with Crippen LogP contribution < -0.4 is 5.32 Å². The summed E-state index contributed by atoms with van der Waals surface area (Å²) in [5, 5.41) is 20.9. The number of hydrogen-bond donors (Lipinski definition) is 2. The van der Waals surface area contributed by atoms with Crippen LogP contribution in [0.5, 0.6) is 0 Å². The molecule has 0 saturated heterocycles. The van der Waals surface area contributed by atoms with Gasteiger partial charge in [0.1, 0.15) is 0 Å². The van der Waals surface area contributed by atoms with Gasteiger partial charge in [0.25, 0.3) is 0 Å². The van der Waals surface area contributed by atoms with Gasteiger partial charge in [0.15, 0.2) is 0 Å². The fourth-order valence-electron chi connectivity index (χ4n) is 1.94. The largest absolute Gasteiger partial charge is 0.481 e. The molecule has 2 atom stereocenters. The maximum Gasteiger partial charge on any atom is 0.306 e. The van der Waals surface area contributed by atoms with Crippen molar-refractivity contribution >= 4 is 5.97 Å². The number of nitriles is 1. The maximum atomic E-state index is 10.7. The molecule has 1 aromatic carbocycles. The number of benzene rings is 1. The molecular formula is C16H22N2O2. The molecule has 0 aliphatic rings. The second kappa shape index (κ2) is 8.34. The van der Waals surface area contributed by atoms with E-state index in [-0.39, 0.29) is 5.92 Å². The van der Waals surface area contributed by atoms with Gasteiger partial charge < -0.3 is 10.4 Å². The molecule has 2 N–H and O–H groups in total. The van der Waals surface area contributed by atoms with Crippen molar-refractivity contribution in [2.75, 3.05) is 0 Å². The van der Waals surface area contributed by atoms with E-state index in [1.165, 1.54) is 0 Å². The molecule has 0 aromatic heterocycles. The lowest BCUT2D eigenvalue weighted by atomic mass is 10.0. The quantitative estimate of drug-likeness (QED) is 0.764. The van der Waals surface area contributed by atoms with Gasteiger partial charge in [-0.1, -0.05) is 25.5 Å². The molecule has 0 aliphatic carbocycles. The molecule has 2 unspecified atom stereocenters. The third-order valence-electron chi connectivity index (χ3n) is 3.43. The minimum Gasteiger partial charge on any atom is -0.481 e. The van der Waals surface area contributed by atoms with E-state index in [4.69, 9.17) is 10.4 Å². The normalized spacial score (nSPS) is 13.4. The first-order valence-electron chi connectivity index (χ1n) is 6.98. The minimum absolute atomic E-state index is 0.263. The number of aliphatic carboxylic acids is 1. The Hall–Kier alpha value is -1.86. The monoisotopic (exact) mass is 274 g/mol. The van der Waals surface area contributed by atoms with Gasteiger partial charge in [0, 0.05) is 12.6 Å². The molecule has 0 heterocycles. The van der Waals surface area contributed by atoms with Gasteiger partial charge in [-0.05, 0) is 37.5 Å². The Morgan fingerprint density at radius 3 is 2.50 bits per heavy atom. The standard InChI is InChI=1S/C16H22N2O2/c1-12(16(19)20)4-3-5-13(2)18-11-15-8-6-14(10-17)7-9-15/h6-9,12-13,18H,3-5,11H2,1-2H3,(H,19,20). The van der Waals surface area contributed by atoms with Crippen LogP contribution in [0.1, 0.15) is 44.2 Å². The molecule has 1 aromatic rings. The fourth-order valence-corrected chi connectivity index (χ4v) is 1.94. The highest BCUT2D eigenvalue weighted by atomic mass is 16.4. The first kappa shape index (κ1) is 16.2. The van der Waals surface area contributed by atoms with Crippen LogP contribution in [0.4, 0.5) is 0 Å². The molecule has 0 amide bonds. The van der Waals surface area contributed by atoms with Crippen LogP contribution in [-0.2, 0) is 11.3 Å². The topological polar surface area (TPSA) is 73.1 Å². The second-order valence-electron chi connectivity index (χ2n) is 5.26. The summed E-state index contributed by atoms with van der Waals surface area (Å²) in [5.41, 5.74) is 1.82. The lowest BCUT2D eigenvalue weighted by Crippen LogP contribution is -2.25. The smallest absolute Gasteiger partial charge is 0.306 e. The number of carboxylic acids is 1. The van der Waals surface area contributed by atoms with Gasteiger partial charge in [-0.15, -0.1) is 0 Å². The Morgan fingerprint density at radius 1 is 1.30 bits per heavy atom. The fraction of sp³-hybridized carbons (Fsp3) is 0.500. The zero-order chi connectivity index (χ0) is 15.0. The van der Waals surface area contributed by atoms with Gasteiger partial charge in [0.2, 0.25) is 0 Å². The summed E-state index contributed by atoms with van der Waals surface area (Å²) in [4.78, 5) is 10.7. The zero-order valence-electron chi connectivity index (χ0n) is 12.1. The summed E-state index contributed by atoms with van der Waals surface area (Å²) in [6, 6.07) is 9.98. The molecule has 1 rings (SSSR count). The minimum atomic E-state index is -0.719. The molecular weight excluding hydrogens is 252 g/mol. The van der Waals surface area contributed by atoms with Crippen LogP contribution in [0.15, 0.2) is 24.3 Å². The molecule has 20 heavy (non-hydrogen) atoms. The first-order valence-corrected chi connectivity index (χ1v) is 6.98. The van der Waals surface area contributed by atoms with Crippen LogP contribution >= 0.6 is 0 Å². The Morgan fingerprint density at radius 2 is 1.95 bits per heavy atom. The Kier molecular flexibility index (Phi) is 6.75. The van der Waals surface area contributed by atoms with Crippen LogP contribution in [0, 0.1) is 17.2 Å². The van der Waals surface area contributed by atoms with Gasteiger partial charge in [-0.2, -0.15) is 5.26 Å². The second-order valence-corrected chi connectivity index (χ2v) is 5.26. The third-order valence-corrected chi connectivity index (χ3v) is 3.43. The van der Waals surface area contributed by atoms with E-state index >= 15 is 0 Å². The van der Waals surface area contributed by atoms with Crippen LogP contribution in [0.25, 0.3) is 0 Å². The van der Waals surface area contributed by atoms with Crippen molar-refractivity contribution in [1.29, 1.82) is 5.26 Å². The van der Waals surface area contributed by atoms with Crippen LogP contribution in [0.2, 0.25) is 0 Å². The summed E-state index contributed by atoms with van der Waals surface area (Å²) in [6.45, 7) is 4.62. The highest BCUT2D eigenvalue weighted by molar-refractivity contribution is 5.69. The lowest BCUT2D eigenvalue weighted by molar-refractivity contribution is -0.141. The average molecular weight is 274 g/mol. The molecule has 0 saturated carbocycles. The average Bonchev–Trinajstić information content (AvgIpc) is 2.45. The van der Waals surface area contributed by atoms with Crippen LogP contribution in [0.3, 0.4) is 0 Å². The van der Waals surface area contributed by atoms with E-state index in [0.29, 0.717) is 11.6 Å². The maximum absolute atomic E-state index is 10.7.